The van der Waals surface area contributed by atoms with E-state index >= 15 is 0 Å². The van der Waals surface area contributed by atoms with Crippen LogP contribution < -0.4 is 0 Å². The maximum absolute atomic E-state index is 4.76. The van der Waals surface area contributed by atoms with Gasteiger partial charge in [-0.15, -0.1) is 16.4 Å². The second-order valence-corrected chi connectivity index (χ2v) is 6.89. The lowest BCUT2D eigenvalue weighted by Crippen LogP contribution is -2.09. The van der Waals surface area contributed by atoms with Crippen molar-refractivity contribution in [3.8, 4) is 0 Å². The quantitative estimate of drug-likeness (QED) is 0.689. The Kier molecular flexibility index (Phi) is 2.61. The van der Waals surface area contributed by atoms with Crippen molar-refractivity contribution in [2.75, 3.05) is 0 Å². The highest BCUT2D eigenvalue weighted by Gasteiger charge is 2.24. The molecule has 4 rings (SSSR count). The molecule has 1 atom stereocenters. The topological polar surface area (TPSA) is 43.1 Å². The number of thiophene rings is 1. The van der Waals surface area contributed by atoms with Crippen LogP contribution in [0, 0.1) is 12.8 Å². The molecule has 3 aromatic heterocycles. The second kappa shape index (κ2) is 4.25. The SMILES string of the molecule is CCc1nc2c3c4c(sc3nc(C)n2n1)CC[C@@H](C)C4. The van der Waals surface area contributed by atoms with Crippen LogP contribution in [0.4, 0.5) is 0 Å². The summed E-state index contributed by atoms with van der Waals surface area (Å²) in [6, 6.07) is 0. The van der Waals surface area contributed by atoms with Crippen molar-refractivity contribution in [1.29, 1.82) is 0 Å². The molecular weight excluding hydrogens is 268 g/mol. The van der Waals surface area contributed by atoms with E-state index in [0.29, 0.717) is 0 Å². The van der Waals surface area contributed by atoms with E-state index in [1.54, 1.807) is 0 Å². The van der Waals surface area contributed by atoms with Crippen molar-refractivity contribution < 1.29 is 0 Å². The summed E-state index contributed by atoms with van der Waals surface area (Å²) in [6.45, 7) is 6.45. The fourth-order valence-electron chi connectivity index (χ4n) is 3.14. The minimum Gasteiger partial charge on any atom is -0.222 e. The molecule has 0 unspecified atom stereocenters. The number of fused-ring (bicyclic) bond motifs is 5. The largest absolute Gasteiger partial charge is 0.222 e. The molecule has 0 bridgehead atoms. The predicted molar refractivity (Wildman–Crippen MR) is 81.5 cm³/mol. The van der Waals surface area contributed by atoms with Gasteiger partial charge in [0, 0.05) is 11.3 Å². The lowest BCUT2D eigenvalue weighted by Gasteiger charge is -2.17. The fourth-order valence-corrected chi connectivity index (χ4v) is 4.40. The normalized spacial score (nSPS) is 18.9. The first-order chi connectivity index (χ1) is 9.67. The van der Waals surface area contributed by atoms with Gasteiger partial charge >= 0.3 is 0 Å². The second-order valence-electron chi connectivity index (χ2n) is 5.81. The zero-order chi connectivity index (χ0) is 13.9. The van der Waals surface area contributed by atoms with Gasteiger partial charge in [0.1, 0.15) is 10.7 Å². The van der Waals surface area contributed by atoms with Crippen molar-refractivity contribution >= 4 is 27.2 Å². The number of hydrogen-bond donors (Lipinski definition) is 0. The average Bonchev–Trinajstić information content (AvgIpc) is 2.99. The van der Waals surface area contributed by atoms with Gasteiger partial charge in [-0.2, -0.15) is 4.52 Å². The van der Waals surface area contributed by atoms with E-state index in [1.165, 1.54) is 28.7 Å². The number of nitrogens with zero attached hydrogens (tertiary/aromatic N) is 4. The van der Waals surface area contributed by atoms with Crippen molar-refractivity contribution in [2.24, 2.45) is 5.92 Å². The van der Waals surface area contributed by atoms with Crippen LogP contribution in [-0.2, 0) is 19.3 Å². The maximum atomic E-state index is 4.76. The van der Waals surface area contributed by atoms with Gasteiger partial charge in [-0.05, 0) is 37.7 Å². The highest BCUT2D eigenvalue weighted by Crippen LogP contribution is 2.38. The van der Waals surface area contributed by atoms with Gasteiger partial charge in [-0.3, -0.25) is 0 Å². The summed E-state index contributed by atoms with van der Waals surface area (Å²) in [6.07, 6.45) is 4.51. The molecule has 3 heterocycles. The average molecular weight is 286 g/mol. The summed E-state index contributed by atoms with van der Waals surface area (Å²) in [7, 11) is 0. The van der Waals surface area contributed by atoms with Crippen LogP contribution in [0.5, 0.6) is 0 Å². The first kappa shape index (κ1) is 12.3. The molecule has 1 aliphatic rings. The van der Waals surface area contributed by atoms with Crippen LogP contribution in [0.25, 0.3) is 15.9 Å². The Bertz CT molecular complexity index is 814. The summed E-state index contributed by atoms with van der Waals surface area (Å²) in [5.74, 6) is 2.60. The molecular formula is C15H18N4S. The molecule has 4 nitrogen and oxygen atoms in total. The van der Waals surface area contributed by atoms with E-state index < -0.39 is 0 Å². The van der Waals surface area contributed by atoms with E-state index in [4.69, 9.17) is 9.97 Å². The number of hydrogen-bond acceptors (Lipinski definition) is 4. The van der Waals surface area contributed by atoms with E-state index in [1.807, 2.05) is 22.8 Å². The molecule has 5 heteroatoms. The van der Waals surface area contributed by atoms with Gasteiger partial charge in [-0.25, -0.2) is 9.97 Å². The minimum absolute atomic E-state index is 0.759. The Hall–Kier alpha value is -1.49. The highest BCUT2D eigenvalue weighted by molar-refractivity contribution is 7.19. The third-order valence-corrected chi connectivity index (χ3v) is 5.44. The van der Waals surface area contributed by atoms with Gasteiger partial charge in [-0.1, -0.05) is 13.8 Å². The Balaban J connectivity index is 2.11. The van der Waals surface area contributed by atoms with Gasteiger partial charge in [0.05, 0.1) is 5.39 Å². The summed E-state index contributed by atoms with van der Waals surface area (Å²) >= 11 is 1.86. The molecule has 0 amide bonds. The Morgan fingerprint density at radius 2 is 2.20 bits per heavy atom. The third-order valence-electron chi connectivity index (χ3n) is 4.25. The van der Waals surface area contributed by atoms with Gasteiger partial charge in [0.15, 0.2) is 11.5 Å². The van der Waals surface area contributed by atoms with Gasteiger partial charge < -0.3 is 0 Å². The smallest absolute Gasteiger partial charge is 0.168 e. The molecule has 0 radical (unpaired) electrons. The highest BCUT2D eigenvalue weighted by atomic mass is 32.1. The lowest BCUT2D eigenvalue weighted by atomic mass is 9.89. The van der Waals surface area contributed by atoms with E-state index in [2.05, 4.69) is 18.9 Å². The fraction of sp³-hybridized carbons (Fsp3) is 0.533. The Morgan fingerprint density at radius 3 is 3.00 bits per heavy atom. The third kappa shape index (κ3) is 1.62. The van der Waals surface area contributed by atoms with E-state index in [9.17, 15) is 0 Å². The summed E-state index contributed by atoms with van der Waals surface area (Å²) < 4.78 is 1.92. The van der Waals surface area contributed by atoms with Crippen LogP contribution in [0.3, 0.4) is 0 Å². The zero-order valence-electron chi connectivity index (χ0n) is 12.1. The molecule has 0 saturated carbocycles. The Morgan fingerprint density at radius 1 is 1.35 bits per heavy atom. The molecule has 1 aliphatic carbocycles. The molecule has 0 N–H and O–H groups in total. The molecule has 20 heavy (non-hydrogen) atoms. The molecule has 0 saturated heterocycles. The molecule has 0 aliphatic heterocycles. The standard InChI is InChI=1S/C15H18N4S/c1-4-12-17-14-13-10-7-8(2)5-6-11(10)20-15(13)16-9(3)19(14)18-12/h8H,4-7H2,1-3H3/t8-/m1/s1. The summed E-state index contributed by atoms with van der Waals surface area (Å²) in [5.41, 5.74) is 2.49. The number of aromatic nitrogens is 4. The molecule has 104 valence electrons. The van der Waals surface area contributed by atoms with Crippen LogP contribution in [0.2, 0.25) is 0 Å². The summed E-state index contributed by atoms with van der Waals surface area (Å²) in [5, 5.41) is 5.83. The maximum Gasteiger partial charge on any atom is 0.168 e. The molecule has 0 fully saturated rings. The molecule has 0 aromatic carbocycles. The van der Waals surface area contributed by atoms with Gasteiger partial charge in [0.2, 0.25) is 0 Å². The molecule has 3 aromatic rings. The van der Waals surface area contributed by atoms with Crippen LogP contribution in [0.15, 0.2) is 0 Å². The van der Waals surface area contributed by atoms with Crippen molar-refractivity contribution in [1.82, 2.24) is 19.6 Å². The zero-order valence-corrected chi connectivity index (χ0v) is 12.9. The van der Waals surface area contributed by atoms with Gasteiger partial charge in [0.25, 0.3) is 0 Å². The molecule has 0 spiro atoms. The van der Waals surface area contributed by atoms with E-state index in [-0.39, 0.29) is 0 Å². The van der Waals surface area contributed by atoms with Crippen molar-refractivity contribution in [3.63, 3.8) is 0 Å². The monoisotopic (exact) mass is 286 g/mol. The number of aryl methyl sites for hydroxylation is 3. The van der Waals surface area contributed by atoms with Crippen molar-refractivity contribution in [2.45, 2.75) is 46.5 Å². The first-order valence-corrected chi connectivity index (χ1v) is 8.15. The van der Waals surface area contributed by atoms with E-state index in [0.717, 1.165) is 40.9 Å². The van der Waals surface area contributed by atoms with Crippen molar-refractivity contribution in [3.05, 3.63) is 22.1 Å². The first-order valence-electron chi connectivity index (χ1n) is 7.34. The van der Waals surface area contributed by atoms with Crippen LogP contribution in [0.1, 0.15) is 42.4 Å². The Labute approximate surface area is 121 Å². The van der Waals surface area contributed by atoms with Crippen LogP contribution in [-0.4, -0.2) is 19.6 Å². The predicted octanol–water partition coefficient (Wildman–Crippen LogP) is 3.33. The lowest BCUT2D eigenvalue weighted by molar-refractivity contribution is 0.508. The minimum atomic E-state index is 0.759. The number of rotatable bonds is 1. The van der Waals surface area contributed by atoms with Crippen LogP contribution >= 0.6 is 11.3 Å². The summed E-state index contributed by atoms with van der Waals surface area (Å²) in [4.78, 5) is 12.2.